The molecule has 2 aliphatic heterocycles. The zero-order valence-electron chi connectivity index (χ0n) is 17.4. The van der Waals surface area contributed by atoms with Crippen molar-refractivity contribution in [2.75, 3.05) is 19.0 Å². The Balaban J connectivity index is 1.62. The number of hydrogen-bond donors (Lipinski definition) is 1. The Labute approximate surface area is 177 Å². The number of rotatable bonds is 2. The fraction of sp³-hybridized carbons (Fsp3) is 0.269. The van der Waals surface area contributed by atoms with Gasteiger partial charge in [-0.1, -0.05) is 38.1 Å². The van der Waals surface area contributed by atoms with Crippen LogP contribution in [0.3, 0.4) is 0 Å². The lowest BCUT2D eigenvalue weighted by molar-refractivity contribution is 0.133. The van der Waals surface area contributed by atoms with Crippen molar-refractivity contribution < 1.29 is 9.47 Å². The molecule has 2 heterocycles. The summed E-state index contributed by atoms with van der Waals surface area (Å²) in [6, 6.07) is 22.7. The first-order valence-corrected chi connectivity index (χ1v) is 10.2. The number of fused-ring (bicyclic) bond motifs is 4. The minimum atomic E-state index is -0.105. The standard InChI is InChI=1S/C26H24N2O2/c1-26(2)19-13-18(17-7-4-6-16(12-17)14-27)10-11-21(19)28-25-20(26)15-30-23-9-5-8-22(29-3)24(23)25/h4-13,20,25,28H,15H2,1-3H3/t20?,25-/m0/s1. The zero-order valence-corrected chi connectivity index (χ0v) is 17.4. The van der Waals surface area contributed by atoms with Crippen LogP contribution in [0.15, 0.2) is 60.7 Å². The molecule has 4 nitrogen and oxygen atoms in total. The molecule has 1 N–H and O–H groups in total. The summed E-state index contributed by atoms with van der Waals surface area (Å²) in [6.45, 7) is 5.24. The van der Waals surface area contributed by atoms with Crippen molar-refractivity contribution in [3.8, 4) is 28.7 Å². The van der Waals surface area contributed by atoms with Crippen LogP contribution in [0.25, 0.3) is 11.1 Å². The number of hydrogen-bond acceptors (Lipinski definition) is 4. The SMILES string of the molecule is COc1cccc2c1[C@H]1Nc3ccc(-c4cccc(C#N)c4)cc3C(C)(C)C1CO2. The highest BCUT2D eigenvalue weighted by Crippen LogP contribution is 2.54. The number of benzene rings is 3. The minimum Gasteiger partial charge on any atom is -0.496 e. The number of nitriles is 1. The van der Waals surface area contributed by atoms with Crippen LogP contribution in [0.5, 0.6) is 11.5 Å². The predicted octanol–water partition coefficient (Wildman–Crippen LogP) is 5.69. The molecule has 5 rings (SSSR count). The number of methoxy groups -OCH3 is 1. The van der Waals surface area contributed by atoms with Gasteiger partial charge in [0, 0.05) is 17.0 Å². The summed E-state index contributed by atoms with van der Waals surface area (Å²) in [5.74, 6) is 2.01. The van der Waals surface area contributed by atoms with Gasteiger partial charge in [-0.15, -0.1) is 0 Å². The summed E-state index contributed by atoms with van der Waals surface area (Å²) in [7, 11) is 1.71. The minimum absolute atomic E-state index is 0.105. The Morgan fingerprint density at radius 3 is 2.67 bits per heavy atom. The van der Waals surface area contributed by atoms with Crippen molar-refractivity contribution in [3.05, 3.63) is 77.4 Å². The number of anilines is 1. The van der Waals surface area contributed by atoms with Crippen LogP contribution >= 0.6 is 0 Å². The average molecular weight is 396 g/mol. The van der Waals surface area contributed by atoms with Gasteiger partial charge in [0.05, 0.1) is 37.0 Å². The summed E-state index contributed by atoms with van der Waals surface area (Å²) in [5, 5.41) is 13.0. The smallest absolute Gasteiger partial charge is 0.128 e. The Morgan fingerprint density at radius 1 is 1.07 bits per heavy atom. The second kappa shape index (κ2) is 6.81. The van der Waals surface area contributed by atoms with Crippen LogP contribution in [0.4, 0.5) is 5.69 Å². The van der Waals surface area contributed by atoms with E-state index in [0.29, 0.717) is 12.2 Å². The lowest BCUT2D eigenvalue weighted by Crippen LogP contribution is -2.46. The molecule has 150 valence electrons. The van der Waals surface area contributed by atoms with Crippen LogP contribution in [-0.2, 0) is 5.41 Å². The highest BCUT2D eigenvalue weighted by Gasteiger charge is 2.47. The first-order chi connectivity index (χ1) is 14.5. The van der Waals surface area contributed by atoms with Crippen molar-refractivity contribution in [2.45, 2.75) is 25.3 Å². The van der Waals surface area contributed by atoms with Gasteiger partial charge < -0.3 is 14.8 Å². The van der Waals surface area contributed by atoms with Gasteiger partial charge >= 0.3 is 0 Å². The van der Waals surface area contributed by atoms with Crippen LogP contribution in [-0.4, -0.2) is 13.7 Å². The molecule has 30 heavy (non-hydrogen) atoms. The fourth-order valence-corrected chi connectivity index (χ4v) is 4.93. The zero-order chi connectivity index (χ0) is 20.9. The van der Waals surface area contributed by atoms with E-state index in [1.54, 1.807) is 7.11 Å². The molecule has 0 fully saturated rings. The van der Waals surface area contributed by atoms with Gasteiger partial charge in [0.1, 0.15) is 11.5 Å². The van der Waals surface area contributed by atoms with E-state index >= 15 is 0 Å². The molecule has 0 saturated heterocycles. The molecule has 3 aromatic rings. The lowest BCUT2D eigenvalue weighted by atomic mass is 9.65. The number of nitrogens with zero attached hydrogens (tertiary/aromatic N) is 1. The largest absolute Gasteiger partial charge is 0.496 e. The second-order valence-electron chi connectivity index (χ2n) is 8.59. The van der Waals surface area contributed by atoms with Crippen molar-refractivity contribution in [3.63, 3.8) is 0 Å². The summed E-state index contributed by atoms with van der Waals surface area (Å²) < 4.78 is 11.8. The molecular weight excluding hydrogens is 372 g/mol. The summed E-state index contributed by atoms with van der Waals surface area (Å²) >= 11 is 0. The quantitative estimate of drug-likeness (QED) is 0.605. The second-order valence-corrected chi connectivity index (χ2v) is 8.59. The van der Waals surface area contributed by atoms with E-state index in [9.17, 15) is 5.26 Å². The van der Waals surface area contributed by atoms with Crippen molar-refractivity contribution >= 4 is 5.69 Å². The molecular formula is C26H24N2O2. The van der Waals surface area contributed by atoms with Gasteiger partial charge in [-0.2, -0.15) is 5.26 Å². The van der Waals surface area contributed by atoms with Crippen LogP contribution in [0.2, 0.25) is 0 Å². The maximum Gasteiger partial charge on any atom is 0.128 e. The first-order valence-electron chi connectivity index (χ1n) is 10.2. The third-order valence-electron chi connectivity index (χ3n) is 6.65. The van der Waals surface area contributed by atoms with Gasteiger partial charge in [-0.3, -0.25) is 0 Å². The van der Waals surface area contributed by atoms with Gasteiger partial charge in [0.25, 0.3) is 0 Å². The van der Waals surface area contributed by atoms with Crippen LogP contribution < -0.4 is 14.8 Å². The molecule has 0 amide bonds. The van der Waals surface area contributed by atoms with Gasteiger partial charge in [0.15, 0.2) is 0 Å². The monoisotopic (exact) mass is 396 g/mol. The van der Waals surface area contributed by atoms with E-state index in [0.717, 1.165) is 33.9 Å². The molecule has 3 aromatic carbocycles. The lowest BCUT2D eigenvalue weighted by Gasteiger charge is -2.48. The fourth-order valence-electron chi connectivity index (χ4n) is 4.93. The first kappa shape index (κ1) is 18.6. The normalized spacial score (nSPS) is 20.5. The Bertz CT molecular complexity index is 1160. The summed E-state index contributed by atoms with van der Waals surface area (Å²) in [5.41, 5.74) is 6.25. The molecule has 0 bridgehead atoms. The van der Waals surface area contributed by atoms with E-state index < -0.39 is 0 Å². The average Bonchev–Trinajstić information content (AvgIpc) is 2.78. The Hall–Kier alpha value is -3.45. The van der Waals surface area contributed by atoms with Crippen molar-refractivity contribution in [2.24, 2.45) is 5.92 Å². The molecule has 0 aromatic heterocycles. The van der Waals surface area contributed by atoms with Crippen LogP contribution in [0.1, 0.15) is 36.6 Å². The third kappa shape index (κ3) is 2.74. The van der Waals surface area contributed by atoms with E-state index in [1.165, 1.54) is 5.56 Å². The maximum atomic E-state index is 9.25. The number of ether oxygens (including phenoxy) is 2. The van der Waals surface area contributed by atoms with Crippen molar-refractivity contribution in [1.29, 1.82) is 5.26 Å². The van der Waals surface area contributed by atoms with Crippen molar-refractivity contribution in [1.82, 2.24) is 0 Å². The molecule has 4 heteroatoms. The predicted molar refractivity (Wildman–Crippen MR) is 118 cm³/mol. The molecule has 0 radical (unpaired) electrons. The topological polar surface area (TPSA) is 54.3 Å². The van der Waals surface area contributed by atoms with Gasteiger partial charge in [-0.25, -0.2) is 0 Å². The maximum absolute atomic E-state index is 9.25. The van der Waals surface area contributed by atoms with E-state index in [2.05, 4.69) is 49.5 Å². The summed E-state index contributed by atoms with van der Waals surface area (Å²) in [6.07, 6.45) is 0. The van der Waals surface area contributed by atoms with E-state index in [4.69, 9.17) is 9.47 Å². The van der Waals surface area contributed by atoms with Crippen LogP contribution in [0, 0.1) is 17.2 Å². The van der Waals surface area contributed by atoms with E-state index in [1.807, 2.05) is 36.4 Å². The number of nitrogens with one attached hydrogen (secondary N) is 1. The Kier molecular flexibility index (Phi) is 4.22. The molecule has 0 aliphatic carbocycles. The highest BCUT2D eigenvalue weighted by molar-refractivity contribution is 5.72. The van der Waals surface area contributed by atoms with Gasteiger partial charge in [-0.05, 0) is 53.1 Å². The summed E-state index contributed by atoms with van der Waals surface area (Å²) in [4.78, 5) is 0. The third-order valence-corrected chi connectivity index (χ3v) is 6.65. The molecule has 0 saturated carbocycles. The highest BCUT2D eigenvalue weighted by atomic mass is 16.5. The molecule has 2 aliphatic rings. The molecule has 1 unspecified atom stereocenters. The Morgan fingerprint density at radius 2 is 1.87 bits per heavy atom. The van der Waals surface area contributed by atoms with Gasteiger partial charge in [0.2, 0.25) is 0 Å². The molecule has 2 atom stereocenters. The van der Waals surface area contributed by atoms with E-state index in [-0.39, 0.29) is 17.4 Å². The molecule has 0 spiro atoms.